The van der Waals surface area contributed by atoms with Crippen molar-refractivity contribution >= 4 is 27.8 Å². The molecule has 1 N–H and O–H groups in total. The molecule has 0 aliphatic carbocycles. The molecule has 3 aromatic heterocycles. The summed E-state index contributed by atoms with van der Waals surface area (Å²) in [6, 6.07) is 10.8. The van der Waals surface area contributed by atoms with Gasteiger partial charge in [0.2, 0.25) is 0 Å². The van der Waals surface area contributed by atoms with E-state index in [1.54, 1.807) is 30.3 Å². The molecule has 182 valence electrons. The first-order valence-corrected chi connectivity index (χ1v) is 10.8. The maximum Gasteiger partial charge on any atom is 0.412 e. The van der Waals surface area contributed by atoms with Crippen molar-refractivity contribution in [3.05, 3.63) is 66.3 Å². The molecule has 3 heterocycles. The summed E-state index contributed by atoms with van der Waals surface area (Å²) < 4.78 is 62.8. The molecule has 1 atom stereocenters. The number of hydrogen-bond acceptors (Lipinski definition) is 7. The molecular formula is C21H15BrF4N6O3. The Labute approximate surface area is 203 Å². The van der Waals surface area contributed by atoms with Gasteiger partial charge in [0.15, 0.2) is 5.82 Å². The lowest BCUT2D eigenvalue weighted by Crippen LogP contribution is -2.30. The highest BCUT2D eigenvalue weighted by Gasteiger charge is 2.38. The summed E-state index contributed by atoms with van der Waals surface area (Å²) in [5, 5.41) is 10.6. The van der Waals surface area contributed by atoms with Crippen LogP contribution in [0.4, 0.5) is 28.2 Å². The molecule has 14 heteroatoms. The third-order valence-corrected chi connectivity index (χ3v) is 5.37. The van der Waals surface area contributed by atoms with E-state index in [-0.39, 0.29) is 23.9 Å². The molecule has 0 bridgehead atoms. The van der Waals surface area contributed by atoms with Crippen LogP contribution in [-0.4, -0.2) is 48.6 Å². The number of hydrogen-bond donors (Lipinski definition) is 1. The van der Waals surface area contributed by atoms with Gasteiger partial charge >= 0.3 is 12.3 Å². The molecule has 4 rings (SSSR count). The van der Waals surface area contributed by atoms with E-state index in [2.05, 4.69) is 46.2 Å². The summed E-state index contributed by atoms with van der Waals surface area (Å²) in [5.41, 5.74) is 1.59. The van der Waals surface area contributed by atoms with E-state index in [0.717, 1.165) is 0 Å². The predicted molar refractivity (Wildman–Crippen MR) is 118 cm³/mol. The van der Waals surface area contributed by atoms with E-state index in [0.29, 0.717) is 17.0 Å². The van der Waals surface area contributed by atoms with Crippen LogP contribution in [0.2, 0.25) is 0 Å². The zero-order chi connectivity index (χ0) is 25.0. The van der Waals surface area contributed by atoms with Crippen molar-refractivity contribution < 1.29 is 31.6 Å². The summed E-state index contributed by atoms with van der Waals surface area (Å²) in [6.07, 6.45) is -2.99. The van der Waals surface area contributed by atoms with Gasteiger partial charge in [0, 0.05) is 17.8 Å². The molecule has 0 aliphatic rings. The molecule has 1 amide bonds. The first-order chi connectivity index (χ1) is 16.7. The van der Waals surface area contributed by atoms with Gasteiger partial charge in [-0.25, -0.2) is 19.2 Å². The van der Waals surface area contributed by atoms with E-state index < -0.39 is 29.5 Å². The average Bonchev–Trinajstić information content (AvgIpc) is 3.48. The first kappa shape index (κ1) is 24.3. The minimum atomic E-state index is -4.56. The third-order valence-electron chi connectivity index (χ3n) is 4.59. The molecule has 0 saturated carbocycles. The van der Waals surface area contributed by atoms with Crippen molar-refractivity contribution in [2.24, 2.45) is 0 Å². The zero-order valence-corrected chi connectivity index (χ0v) is 19.1. The summed E-state index contributed by atoms with van der Waals surface area (Å²) in [4.78, 5) is 18.2. The van der Waals surface area contributed by atoms with Crippen LogP contribution >= 0.6 is 15.9 Å². The first-order valence-electron chi connectivity index (χ1n) is 9.90. The van der Waals surface area contributed by atoms with Crippen molar-refractivity contribution in [3.63, 3.8) is 0 Å². The van der Waals surface area contributed by atoms with Crippen molar-refractivity contribution in [3.8, 4) is 22.9 Å². The molecule has 1 aromatic carbocycles. The smallest absolute Gasteiger partial charge is 0.412 e. The Morgan fingerprint density at radius 3 is 2.71 bits per heavy atom. The van der Waals surface area contributed by atoms with Crippen LogP contribution in [0.5, 0.6) is 0 Å². The number of carbonyl (C=O) groups excluding carboxylic acids is 1. The third kappa shape index (κ3) is 6.01. The fraction of sp³-hybridized carbons (Fsp3) is 0.190. The normalized spacial score (nSPS) is 12.4. The van der Waals surface area contributed by atoms with Gasteiger partial charge in [-0.2, -0.15) is 18.3 Å². The maximum absolute atomic E-state index is 14.2. The number of aromatic nitrogens is 5. The van der Waals surface area contributed by atoms with Crippen molar-refractivity contribution in [1.82, 2.24) is 24.9 Å². The number of amides is 1. The molecule has 0 spiro atoms. The van der Waals surface area contributed by atoms with Gasteiger partial charge in [0.05, 0.1) is 12.2 Å². The number of rotatable bonds is 7. The van der Waals surface area contributed by atoms with Crippen LogP contribution in [0, 0.1) is 5.82 Å². The second-order valence-corrected chi connectivity index (χ2v) is 8.15. The second kappa shape index (κ2) is 10.2. The van der Waals surface area contributed by atoms with Crippen LogP contribution in [0.1, 0.15) is 5.56 Å². The van der Waals surface area contributed by atoms with E-state index in [4.69, 9.17) is 4.52 Å². The molecule has 4 aromatic rings. The predicted octanol–water partition coefficient (Wildman–Crippen LogP) is 5.06. The zero-order valence-electron chi connectivity index (χ0n) is 17.5. The van der Waals surface area contributed by atoms with E-state index in [1.807, 2.05) is 0 Å². The quantitative estimate of drug-likeness (QED) is 0.251. The van der Waals surface area contributed by atoms with E-state index >= 15 is 0 Å². The van der Waals surface area contributed by atoms with Crippen LogP contribution in [0.15, 0.2) is 59.4 Å². The topological polar surface area (TPSA) is 108 Å². The van der Waals surface area contributed by atoms with Crippen molar-refractivity contribution in [1.29, 1.82) is 0 Å². The lowest BCUT2D eigenvalue weighted by molar-refractivity contribution is -0.133. The Kier molecular flexibility index (Phi) is 7.10. The molecule has 35 heavy (non-hydrogen) atoms. The Balaban J connectivity index is 1.56. The number of anilines is 1. The molecule has 0 saturated heterocycles. The minimum Gasteiger partial charge on any atom is -0.448 e. The number of ether oxygens (including phenoxy) is 1. The molecule has 0 aliphatic heterocycles. The van der Waals surface area contributed by atoms with Gasteiger partial charge in [-0.15, -0.1) is 0 Å². The molecule has 0 fully saturated rings. The van der Waals surface area contributed by atoms with Gasteiger partial charge in [-0.1, -0.05) is 39.3 Å². The Morgan fingerprint density at radius 1 is 1.20 bits per heavy atom. The maximum atomic E-state index is 14.2. The van der Waals surface area contributed by atoms with Crippen molar-refractivity contribution in [2.45, 2.75) is 17.5 Å². The number of halogens is 5. The highest BCUT2D eigenvalue weighted by Crippen LogP contribution is 2.27. The van der Waals surface area contributed by atoms with E-state index in [1.165, 1.54) is 29.3 Å². The minimum absolute atomic E-state index is 0.0234. The summed E-state index contributed by atoms with van der Waals surface area (Å²) in [6.45, 7) is -0.846. The van der Waals surface area contributed by atoms with Gasteiger partial charge in [0.25, 0.3) is 0 Å². The van der Waals surface area contributed by atoms with Gasteiger partial charge < -0.3 is 9.26 Å². The monoisotopic (exact) mass is 554 g/mol. The number of benzene rings is 1. The van der Waals surface area contributed by atoms with Crippen molar-refractivity contribution in [2.75, 3.05) is 11.9 Å². The summed E-state index contributed by atoms with van der Waals surface area (Å²) >= 11 is 2.41. The van der Waals surface area contributed by atoms with Gasteiger partial charge in [-0.3, -0.25) is 10.00 Å². The number of nitrogens with one attached hydrogen (secondary N) is 1. The van der Waals surface area contributed by atoms with Crippen LogP contribution in [-0.2, 0) is 11.3 Å². The van der Waals surface area contributed by atoms with Gasteiger partial charge in [0.1, 0.15) is 40.7 Å². The number of alkyl halides is 4. The lowest BCUT2D eigenvalue weighted by atomic mass is 10.2. The van der Waals surface area contributed by atoms with Gasteiger partial charge in [-0.05, 0) is 18.2 Å². The fourth-order valence-electron chi connectivity index (χ4n) is 2.92. The number of carbonyl (C=O) groups is 1. The number of nitrogens with zero attached hydrogens (tertiary/aromatic N) is 5. The Bertz CT molecular complexity index is 1310. The van der Waals surface area contributed by atoms with Crippen LogP contribution in [0.25, 0.3) is 22.9 Å². The summed E-state index contributed by atoms with van der Waals surface area (Å²) in [5.74, 6) is -0.342. The lowest BCUT2D eigenvalue weighted by Gasteiger charge is -2.14. The second-order valence-electron chi connectivity index (χ2n) is 7.05. The van der Waals surface area contributed by atoms with Crippen LogP contribution in [0.3, 0.4) is 0 Å². The molecule has 1 unspecified atom stereocenters. The molecule has 9 nitrogen and oxygen atoms in total. The highest BCUT2D eigenvalue weighted by atomic mass is 79.9. The van der Waals surface area contributed by atoms with Crippen LogP contribution < -0.4 is 5.32 Å². The van der Waals surface area contributed by atoms with E-state index in [9.17, 15) is 22.4 Å². The summed E-state index contributed by atoms with van der Waals surface area (Å²) in [7, 11) is 0. The highest BCUT2D eigenvalue weighted by molar-refractivity contribution is 9.09. The molecular weight excluding hydrogens is 540 g/mol. The Morgan fingerprint density at radius 2 is 2.00 bits per heavy atom. The fourth-order valence-corrected chi connectivity index (χ4v) is 3.05. The standard InChI is InChI=1S/C21H15BrF4N6O3/c22-17(21(24,25)26)11-34-20(33)29-18-5-7-27-19(28-18)15-9-16(14-6-8-35-31-14)32(30-15)10-12-3-1-2-4-13(12)23/h1-9,17H,10-11H2,(H,27,28,29,33). The average molecular weight is 555 g/mol. The largest absolute Gasteiger partial charge is 0.448 e. The Hall–Kier alpha value is -3.81. The molecule has 0 radical (unpaired) electrons. The SMILES string of the molecule is O=C(Nc1ccnc(-c2cc(-c3ccon3)n(Cc3ccccc3F)n2)n1)OCC(Br)C(F)(F)F.